The van der Waals surface area contributed by atoms with Crippen molar-refractivity contribution in [3.63, 3.8) is 0 Å². The number of nitrogens with zero attached hydrogens (tertiary/aromatic N) is 3. The van der Waals surface area contributed by atoms with Gasteiger partial charge in [0.1, 0.15) is 5.82 Å². The molecule has 0 atom stereocenters. The summed E-state index contributed by atoms with van der Waals surface area (Å²) in [5.74, 6) is 2.00. The Morgan fingerprint density at radius 1 is 1.23 bits per heavy atom. The van der Waals surface area contributed by atoms with E-state index in [4.69, 9.17) is 4.74 Å². The number of carbonyl (C=O) groups excluding carboxylic acids is 1. The van der Waals surface area contributed by atoms with Crippen LogP contribution in [0.2, 0.25) is 0 Å². The van der Waals surface area contributed by atoms with E-state index in [0.717, 1.165) is 42.2 Å². The zero-order valence-corrected chi connectivity index (χ0v) is 15.7. The van der Waals surface area contributed by atoms with Crippen molar-refractivity contribution in [1.82, 2.24) is 9.97 Å². The molecule has 1 aliphatic rings. The fraction of sp³-hybridized carbons (Fsp3) is 0.450. The molecule has 0 radical (unpaired) electrons. The molecule has 0 bridgehead atoms. The lowest BCUT2D eigenvalue weighted by Crippen LogP contribution is -2.34. The fourth-order valence-electron chi connectivity index (χ4n) is 3.02. The van der Waals surface area contributed by atoms with Gasteiger partial charge in [0.05, 0.1) is 12.2 Å². The number of hydrogen-bond acceptors (Lipinski definition) is 6. The zero-order chi connectivity index (χ0) is 18.5. The molecule has 0 saturated carbocycles. The fourth-order valence-corrected chi connectivity index (χ4v) is 3.02. The number of benzene rings is 1. The Labute approximate surface area is 154 Å². The minimum Gasteiger partial charge on any atom is -0.462 e. The number of anilines is 3. The van der Waals surface area contributed by atoms with Gasteiger partial charge in [0, 0.05) is 30.5 Å². The Balaban J connectivity index is 1.72. The molecule has 1 aromatic carbocycles. The lowest BCUT2D eigenvalue weighted by Gasteiger charge is -2.30. The minimum atomic E-state index is -0.307. The Bertz CT molecular complexity index is 753. The van der Waals surface area contributed by atoms with Crippen molar-refractivity contribution in [1.29, 1.82) is 0 Å². The zero-order valence-electron chi connectivity index (χ0n) is 15.7. The number of ether oxygens (including phenoxy) is 1. The second kappa shape index (κ2) is 8.17. The number of piperidine rings is 1. The quantitative estimate of drug-likeness (QED) is 0.820. The molecule has 0 aliphatic carbocycles. The van der Waals surface area contributed by atoms with E-state index in [1.165, 1.54) is 12.8 Å². The van der Waals surface area contributed by atoms with Crippen LogP contribution in [-0.4, -0.2) is 35.6 Å². The van der Waals surface area contributed by atoms with E-state index >= 15 is 0 Å². The first-order valence-electron chi connectivity index (χ1n) is 9.20. The molecule has 6 heteroatoms. The normalized spacial score (nSPS) is 15.0. The summed E-state index contributed by atoms with van der Waals surface area (Å²) in [6, 6.07) is 9.13. The summed E-state index contributed by atoms with van der Waals surface area (Å²) < 4.78 is 5.01. The van der Waals surface area contributed by atoms with Crippen molar-refractivity contribution in [3.8, 4) is 0 Å². The Morgan fingerprint density at radius 3 is 2.58 bits per heavy atom. The first-order chi connectivity index (χ1) is 12.5. The molecule has 1 fully saturated rings. The average molecular weight is 354 g/mol. The first kappa shape index (κ1) is 18.2. The largest absolute Gasteiger partial charge is 0.462 e. The average Bonchev–Trinajstić information content (AvgIpc) is 2.62. The van der Waals surface area contributed by atoms with Gasteiger partial charge in [0.25, 0.3) is 0 Å². The van der Waals surface area contributed by atoms with Crippen molar-refractivity contribution in [3.05, 3.63) is 41.6 Å². The number of esters is 1. The smallest absolute Gasteiger partial charge is 0.338 e. The van der Waals surface area contributed by atoms with Crippen LogP contribution in [0.4, 0.5) is 17.5 Å². The Morgan fingerprint density at radius 2 is 1.92 bits per heavy atom. The second-order valence-corrected chi connectivity index (χ2v) is 6.79. The van der Waals surface area contributed by atoms with Crippen molar-refractivity contribution in [2.45, 2.75) is 33.6 Å². The highest BCUT2D eigenvalue weighted by atomic mass is 16.5. The van der Waals surface area contributed by atoms with Crippen LogP contribution >= 0.6 is 0 Å². The van der Waals surface area contributed by atoms with E-state index in [9.17, 15) is 4.79 Å². The van der Waals surface area contributed by atoms with Crippen LogP contribution < -0.4 is 10.2 Å². The lowest BCUT2D eigenvalue weighted by atomic mass is 10.00. The molecule has 1 N–H and O–H groups in total. The molecule has 0 amide bonds. The third kappa shape index (κ3) is 4.50. The predicted molar refractivity (Wildman–Crippen MR) is 103 cm³/mol. The minimum absolute atomic E-state index is 0.307. The van der Waals surface area contributed by atoms with Gasteiger partial charge in [-0.25, -0.2) is 9.78 Å². The van der Waals surface area contributed by atoms with Crippen molar-refractivity contribution >= 4 is 23.4 Å². The van der Waals surface area contributed by atoms with E-state index in [0.29, 0.717) is 12.2 Å². The summed E-state index contributed by atoms with van der Waals surface area (Å²) in [5, 5.41) is 3.30. The second-order valence-electron chi connectivity index (χ2n) is 6.79. The number of hydrogen-bond donors (Lipinski definition) is 1. The van der Waals surface area contributed by atoms with E-state index in [2.05, 4.69) is 27.1 Å². The molecule has 0 spiro atoms. The van der Waals surface area contributed by atoms with E-state index in [-0.39, 0.29) is 5.97 Å². The standard InChI is InChI=1S/C20H26N4O2/c1-4-26-19(25)16-5-7-17(8-6-16)22-18-13-15(3)21-20(23-18)24-11-9-14(2)10-12-24/h5-8,13-14H,4,9-12H2,1-3H3,(H,21,22,23). The number of nitrogens with one attached hydrogen (secondary N) is 1. The maximum absolute atomic E-state index is 11.7. The summed E-state index contributed by atoms with van der Waals surface area (Å²) >= 11 is 0. The van der Waals surface area contributed by atoms with Gasteiger partial charge in [-0.1, -0.05) is 6.92 Å². The third-order valence-corrected chi connectivity index (χ3v) is 4.58. The summed E-state index contributed by atoms with van der Waals surface area (Å²) in [6.07, 6.45) is 2.35. The number of aromatic nitrogens is 2. The van der Waals surface area contributed by atoms with Gasteiger partial charge >= 0.3 is 5.97 Å². The molecule has 1 aromatic heterocycles. The lowest BCUT2D eigenvalue weighted by molar-refractivity contribution is 0.0526. The summed E-state index contributed by atoms with van der Waals surface area (Å²) in [4.78, 5) is 23.3. The van der Waals surface area contributed by atoms with Crippen LogP contribution in [0.5, 0.6) is 0 Å². The van der Waals surface area contributed by atoms with Crippen molar-refractivity contribution in [2.24, 2.45) is 5.92 Å². The monoisotopic (exact) mass is 354 g/mol. The van der Waals surface area contributed by atoms with Crippen LogP contribution in [-0.2, 0) is 4.74 Å². The van der Waals surface area contributed by atoms with Gasteiger partial charge < -0.3 is 15.0 Å². The number of rotatable bonds is 5. The van der Waals surface area contributed by atoms with Gasteiger partial charge in [-0.15, -0.1) is 0 Å². The Hall–Kier alpha value is -2.63. The first-order valence-corrected chi connectivity index (χ1v) is 9.20. The van der Waals surface area contributed by atoms with Crippen LogP contribution in [0.1, 0.15) is 42.7 Å². The van der Waals surface area contributed by atoms with E-state index in [1.54, 1.807) is 19.1 Å². The van der Waals surface area contributed by atoms with Crippen molar-refractivity contribution < 1.29 is 9.53 Å². The van der Waals surface area contributed by atoms with Gasteiger partial charge in [-0.05, 0) is 56.9 Å². The maximum atomic E-state index is 11.7. The van der Waals surface area contributed by atoms with Crippen molar-refractivity contribution in [2.75, 3.05) is 29.9 Å². The highest BCUT2D eigenvalue weighted by Gasteiger charge is 2.18. The van der Waals surface area contributed by atoms with Crippen LogP contribution in [0.15, 0.2) is 30.3 Å². The molecule has 2 heterocycles. The summed E-state index contributed by atoms with van der Waals surface area (Å²) in [7, 11) is 0. The van der Waals surface area contributed by atoms with E-state index < -0.39 is 0 Å². The Kier molecular flexibility index (Phi) is 5.71. The van der Waals surface area contributed by atoms with Crippen LogP contribution in [0.3, 0.4) is 0 Å². The molecule has 0 unspecified atom stereocenters. The van der Waals surface area contributed by atoms with Crippen LogP contribution in [0, 0.1) is 12.8 Å². The highest BCUT2D eigenvalue weighted by Crippen LogP contribution is 2.23. The maximum Gasteiger partial charge on any atom is 0.338 e. The molecule has 26 heavy (non-hydrogen) atoms. The highest BCUT2D eigenvalue weighted by molar-refractivity contribution is 5.89. The van der Waals surface area contributed by atoms with Crippen LogP contribution in [0.25, 0.3) is 0 Å². The molecule has 6 nitrogen and oxygen atoms in total. The van der Waals surface area contributed by atoms with E-state index in [1.807, 2.05) is 25.1 Å². The summed E-state index contributed by atoms with van der Waals surface area (Å²) in [6.45, 7) is 8.44. The topological polar surface area (TPSA) is 67.3 Å². The molecular weight excluding hydrogens is 328 g/mol. The molecule has 1 aliphatic heterocycles. The molecule has 1 saturated heterocycles. The molecule has 138 valence electrons. The molecule has 2 aromatic rings. The predicted octanol–water partition coefficient (Wildman–Crippen LogP) is 3.94. The van der Waals surface area contributed by atoms with Gasteiger partial charge in [0.15, 0.2) is 0 Å². The van der Waals surface area contributed by atoms with Gasteiger partial charge in [0.2, 0.25) is 5.95 Å². The van der Waals surface area contributed by atoms with Gasteiger partial charge in [-0.3, -0.25) is 0 Å². The summed E-state index contributed by atoms with van der Waals surface area (Å²) in [5.41, 5.74) is 2.34. The molecule has 3 rings (SSSR count). The molecular formula is C20H26N4O2. The van der Waals surface area contributed by atoms with Gasteiger partial charge in [-0.2, -0.15) is 4.98 Å². The SMILES string of the molecule is CCOC(=O)c1ccc(Nc2cc(C)nc(N3CCC(C)CC3)n2)cc1. The number of carbonyl (C=O) groups is 1. The number of aryl methyl sites for hydroxylation is 1. The third-order valence-electron chi connectivity index (χ3n) is 4.58.